The van der Waals surface area contributed by atoms with Gasteiger partial charge in [0.2, 0.25) is 0 Å². The first-order valence-electron chi connectivity index (χ1n) is 6.30. The van der Waals surface area contributed by atoms with Crippen molar-refractivity contribution in [1.82, 2.24) is 0 Å². The number of amides is 1. The zero-order chi connectivity index (χ0) is 14.0. The molecule has 0 N–H and O–H groups in total. The molecule has 5 heteroatoms. The van der Waals surface area contributed by atoms with E-state index in [0.29, 0.717) is 17.8 Å². The molecule has 0 atom stereocenters. The Morgan fingerprint density at radius 3 is 2.89 bits per heavy atom. The zero-order valence-electron chi connectivity index (χ0n) is 11.0. The van der Waals surface area contributed by atoms with Gasteiger partial charge in [0.15, 0.2) is 0 Å². The lowest BCUT2D eigenvalue weighted by Gasteiger charge is -2.17. The van der Waals surface area contributed by atoms with E-state index in [1.807, 2.05) is 13.0 Å². The van der Waals surface area contributed by atoms with Gasteiger partial charge in [0.1, 0.15) is 0 Å². The molecule has 0 spiro atoms. The van der Waals surface area contributed by atoms with Crippen molar-refractivity contribution < 1.29 is 9.72 Å². The summed E-state index contributed by atoms with van der Waals surface area (Å²) in [5.41, 5.74) is 2.36. The number of hydrogen-bond acceptors (Lipinski definition) is 3. The largest absolute Gasteiger partial charge is 0.308 e. The number of nitro benzene ring substituents is 1. The van der Waals surface area contributed by atoms with Gasteiger partial charge < -0.3 is 4.90 Å². The summed E-state index contributed by atoms with van der Waals surface area (Å²) in [6.07, 6.45) is 3.42. The minimum atomic E-state index is -0.435. The van der Waals surface area contributed by atoms with Crippen LogP contribution in [0.25, 0.3) is 0 Å². The monoisotopic (exact) mass is 260 g/mol. The van der Waals surface area contributed by atoms with Crippen LogP contribution < -0.4 is 4.90 Å². The Bertz CT molecular complexity index is 564. The Morgan fingerprint density at radius 1 is 1.53 bits per heavy atom. The third-order valence-electron chi connectivity index (χ3n) is 3.27. The van der Waals surface area contributed by atoms with Gasteiger partial charge in [-0.15, -0.1) is 0 Å². The molecule has 19 heavy (non-hydrogen) atoms. The summed E-state index contributed by atoms with van der Waals surface area (Å²) < 4.78 is 0. The van der Waals surface area contributed by atoms with Gasteiger partial charge in [-0.05, 0) is 25.3 Å². The Balaban J connectivity index is 2.35. The van der Waals surface area contributed by atoms with Crippen molar-refractivity contribution >= 4 is 17.3 Å². The van der Waals surface area contributed by atoms with E-state index in [1.165, 1.54) is 12.1 Å². The zero-order valence-corrected chi connectivity index (χ0v) is 11.0. The molecule has 0 radical (unpaired) electrons. The number of rotatable bonds is 3. The molecule has 1 aromatic carbocycles. The Hall–Kier alpha value is -2.17. The average molecular weight is 260 g/mol. The molecule has 0 fully saturated rings. The molecule has 100 valence electrons. The number of benzene rings is 1. The summed E-state index contributed by atoms with van der Waals surface area (Å²) in [6.45, 7) is 4.34. The lowest BCUT2D eigenvalue weighted by Crippen LogP contribution is -2.29. The van der Waals surface area contributed by atoms with E-state index in [2.05, 4.69) is 0 Å². The van der Waals surface area contributed by atoms with E-state index in [9.17, 15) is 14.9 Å². The highest BCUT2D eigenvalue weighted by atomic mass is 16.6. The molecule has 1 aromatic rings. The number of nitrogens with zero attached hydrogens (tertiary/aromatic N) is 2. The van der Waals surface area contributed by atoms with Crippen LogP contribution in [0.3, 0.4) is 0 Å². The fourth-order valence-electron chi connectivity index (χ4n) is 2.30. The van der Waals surface area contributed by atoms with Gasteiger partial charge in [-0.2, -0.15) is 0 Å². The van der Waals surface area contributed by atoms with Crippen LogP contribution in [-0.2, 0) is 11.2 Å². The summed E-state index contributed by atoms with van der Waals surface area (Å²) >= 11 is 0. The summed E-state index contributed by atoms with van der Waals surface area (Å²) in [4.78, 5) is 24.3. The Kier molecular flexibility index (Phi) is 3.64. The molecule has 1 aliphatic heterocycles. The Labute approximate surface area is 111 Å². The Morgan fingerprint density at radius 2 is 2.26 bits per heavy atom. The highest BCUT2D eigenvalue weighted by Crippen LogP contribution is 2.32. The lowest BCUT2D eigenvalue weighted by atomic mass is 10.1. The molecule has 0 bridgehead atoms. The predicted octanol–water partition coefficient (Wildman–Crippen LogP) is 2.84. The van der Waals surface area contributed by atoms with Crippen molar-refractivity contribution in [3.8, 4) is 0 Å². The molecule has 1 heterocycles. The van der Waals surface area contributed by atoms with Crippen LogP contribution in [0.15, 0.2) is 29.8 Å². The molecule has 0 saturated heterocycles. The van der Waals surface area contributed by atoms with E-state index in [1.54, 1.807) is 17.9 Å². The van der Waals surface area contributed by atoms with Crippen LogP contribution in [0.2, 0.25) is 0 Å². The summed E-state index contributed by atoms with van der Waals surface area (Å²) in [7, 11) is 0. The molecule has 0 saturated carbocycles. The quantitative estimate of drug-likeness (QED) is 0.477. The van der Waals surface area contributed by atoms with Crippen LogP contribution >= 0.6 is 0 Å². The number of hydrogen-bond donors (Lipinski definition) is 0. The van der Waals surface area contributed by atoms with Gasteiger partial charge in [0.25, 0.3) is 11.6 Å². The number of nitro groups is 1. The summed E-state index contributed by atoms with van der Waals surface area (Å²) in [5.74, 6) is -0.0684. The average Bonchev–Trinajstić information content (AvgIpc) is 2.80. The second kappa shape index (κ2) is 5.22. The van der Waals surface area contributed by atoms with Gasteiger partial charge in [-0.3, -0.25) is 14.9 Å². The number of fused-ring (bicyclic) bond motifs is 1. The predicted molar refractivity (Wildman–Crippen MR) is 73.2 cm³/mol. The minimum absolute atomic E-state index is 0.0237. The minimum Gasteiger partial charge on any atom is -0.308 e. The van der Waals surface area contributed by atoms with Crippen molar-refractivity contribution in [3.05, 3.63) is 45.5 Å². The van der Waals surface area contributed by atoms with Crippen LogP contribution in [0.5, 0.6) is 0 Å². The van der Waals surface area contributed by atoms with Crippen molar-refractivity contribution in [3.63, 3.8) is 0 Å². The molecule has 0 aliphatic carbocycles. The number of carbonyl (C=O) groups excluding carboxylic acids is 1. The maximum absolute atomic E-state index is 12.3. The van der Waals surface area contributed by atoms with Gasteiger partial charge in [-0.25, -0.2) is 0 Å². The first kappa shape index (κ1) is 13.3. The third-order valence-corrected chi connectivity index (χ3v) is 3.27. The fraction of sp³-hybridized carbons (Fsp3) is 0.357. The van der Waals surface area contributed by atoms with Crippen molar-refractivity contribution in [2.75, 3.05) is 11.4 Å². The number of anilines is 1. The second-order valence-corrected chi connectivity index (χ2v) is 4.57. The lowest BCUT2D eigenvalue weighted by molar-refractivity contribution is -0.384. The van der Waals surface area contributed by atoms with Gasteiger partial charge >= 0.3 is 0 Å². The van der Waals surface area contributed by atoms with Crippen LogP contribution in [0, 0.1) is 10.1 Å². The van der Waals surface area contributed by atoms with Crippen molar-refractivity contribution in [2.24, 2.45) is 0 Å². The number of carbonyl (C=O) groups is 1. The summed E-state index contributed by atoms with van der Waals surface area (Å²) in [5, 5.41) is 10.8. The van der Waals surface area contributed by atoms with Crippen molar-refractivity contribution in [1.29, 1.82) is 0 Å². The molecule has 1 amide bonds. The number of non-ortho nitro benzene ring substituents is 1. The molecule has 0 aromatic heterocycles. The normalized spacial score (nSPS) is 14.4. The van der Waals surface area contributed by atoms with E-state index in [-0.39, 0.29) is 11.6 Å². The molecular formula is C14H16N2O3. The fourth-order valence-corrected chi connectivity index (χ4v) is 2.30. The van der Waals surface area contributed by atoms with E-state index in [4.69, 9.17) is 0 Å². The SMILES string of the molecule is CCC=C(C)C(=O)N1CCc2ccc([N+](=O)[O-])cc21. The summed E-state index contributed by atoms with van der Waals surface area (Å²) in [6, 6.07) is 4.71. The van der Waals surface area contributed by atoms with E-state index < -0.39 is 4.92 Å². The van der Waals surface area contributed by atoms with E-state index >= 15 is 0 Å². The smallest absolute Gasteiger partial charge is 0.271 e. The van der Waals surface area contributed by atoms with Crippen molar-refractivity contribution in [2.45, 2.75) is 26.7 Å². The molecule has 2 rings (SSSR count). The maximum atomic E-state index is 12.3. The highest BCUT2D eigenvalue weighted by Gasteiger charge is 2.27. The van der Waals surface area contributed by atoms with E-state index in [0.717, 1.165) is 18.4 Å². The molecule has 0 unspecified atom stereocenters. The van der Waals surface area contributed by atoms with Gasteiger partial charge in [0, 0.05) is 24.3 Å². The topological polar surface area (TPSA) is 63.5 Å². The van der Waals surface area contributed by atoms with Crippen LogP contribution in [-0.4, -0.2) is 17.4 Å². The maximum Gasteiger partial charge on any atom is 0.271 e. The standard InChI is InChI=1S/C14H16N2O3/c1-3-4-10(2)14(17)15-8-7-11-5-6-12(16(18)19)9-13(11)15/h4-6,9H,3,7-8H2,1-2H3. The van der Waals surface area contributed by atoms with Gasteiger partial charge in [0.05, 0.1) is 10.6 Å². The number of allylic oxidation sites excluding steroid dienone is 1. The molecule has 5 nitrogen and oxygen atoms in total. The molecule has 1 aliphatic rings. The van der Waals surface area contributed by atoms with Gasteiger partial charge in [-0.1, -0.05) is 19.1 Å². The first-order valence-corrected chi connectivity index (χ1v) is 6.30. The molecular weight excluding hydrogens is 244 g/mol. The van der Waals surface area contributed by atoms with Crippen LogP contribution in [0.1, 0.15) is 25.8 Å². The third kappa shape index (κ3) is 2.50. The second-order valence-electron chi connectivity index (χ2n) is 4.57. The van der Waals surface area contributed by atoms with Crippen LogP contribution in [0.4, 0.5) is 11.4 Å². The first-order chi connectivity index (χ1) is 9.04. The highest BCUT2D eigenvalue weighted by molar-refractivity contribution is 6.06.